The van der Waals surface area contributed by atoms with Crippen LogP contribution in [-0.4, -0.2) is 10.8 Å². The van der Waals surface area contributed by atoms with Crippen LogP contribution in [0.3, 0.4) is 0 Å². The predicted molar refractivity (Wildman–Crippen MR) is 63.7 cm³/mol. The highest BCUT2D eigenvalue weighted by molar-refractivity contribution is 5.98. The first kappa shape index (κ1) is 14.2. The molecule has 0 aliphatic rings. The van der Waals surface area contributed by atoms with Gasteiger partial charge in [0, 0.05) is 24.4 Å². The molecule has 0 fully saturated rings. The summed E-state index contributed by atoms with van der Waals surface area (Å²) in [7, 11) is 0. The summed E-state index contributed by atoms with van der Waals surface area (Å²) in [6, 6.07) is 5.93. The molecule has 2 aromatic rings. The first-order valence-electron chi connectivity index (χ1n) is 5.67. The SMILES string of the molecule is O=C(Cc1cccc(F)c1)c1cnccc1C(F)(F)F. The van der Waals surface area contributed by atoms with Crippen LogP contribution >= 0.6 is 0 Å². The molecule has 0 bridgehead atoms. The zero-order chi connectivity index (χ0) is 14.8. The molecule has 0 atom stereocenters. The van der Waals surface area contributed by atoms with Gasteiger partial charge in [-0.05, 0) is 23.8 Å². The summed E-state index contributed by atoms with van der Waals surface area (Å²) < 4.78 is 51.3. The lowest BCUT2D eigenvalue weighted by molar-refractivity contribution is -0.138. The van der Waals surface area contributed by atoms with Gasteiger partial charge in [-0.3, -0.25) is 9.78 Å². The topological polar surface area (TPSA) is 30.0 Å². The molecule has 2 rings (SSSR count). The number of ketones is 1. The molecule has 0 spiro atoms. The fourth-order valence-electron chi connectivity index (χ4n) is 1.79. The van der Waals surface area contributed by atoms with Crippen LogP contribution in [0.25, 0.3) is 0 Å². The van der Waals surface area contributed by atoms with E-state index in [1.807, 2.05) is 0 Å². The van der Waals surface area contributed by atoms with E-state index in [1.165, 1.54) is 18.2 Å². The molecule has 1 aromatic carbocycles. The van der Waals surface area contributed by atoms with Crippen LogP contribution in [0.15, 0.2) is 42.7 Å². The summed E-state index contributed by atoms with van der Waals surface area (Å²) in [6.45, 7) is 0. The first-order valence-corrected chi connectivity index (χ1v) is 5.67. The normalized spacial score (nSPS) is 11.4. The minimum absolute atomic E-state index is 0.312. The number of Topliss-reactive ketones (excluding diaryl/α,β-unsaturated/α-hetero) is 1. The Labute approximate surface area is 112 Å². The Balaban J connectivity index is 2.31. The van der Waals surface area contributed by atoms with Crippen molar-refractivity contribution < 1.29 is 22.4 Å². The molecule has 0 unspecified atom stereocenters. The van der Waals surface area contributed by atoms with Crippen LogP contribution in [0.5, 0.6) is 0 Å². The fourth-order valence-corrected chi connectivity index (χ4v) is 1.79. The number of benzene rings is 1. The van der Waals surface area contributed by atoms with Gasteiger partial charge >= 0.3 is 6.18 Å². The minimum atomic E-state index is -4.63. The summed E-state index contributed by atoms with van der Waals surface area (Å²) >= 11 is 0. The molecular formula is C14H9F4NO. The van der Waals surface area contributed by atoms with E-state index >= 15 is 0 Å². The lowest BCUT2D eigenvalue weighted by atomic mass is 10.00. The second-order valence-electron chi connectivity index (χ2n) is 4.15. The lowest BCUT2D eigenvalue weighted by Crippen LogP contribution is -2.15. The predicted octanol–water partition coefficient (Wildman–Crippen LogP) is 3.66. The van der Waals surface area contributed by atoms with Gasteiger partial charge in [-0.25, -0.2) is 4.39 Å². The smallest absolute Gasteiger partial charge is 0.294 e. The summed E-state index contributed by atoms with van der Waals surface area (Å²) in [5.74, 6) is -1.30. The Bertz CT molecular complexity index is 637. The van der Waals surface area contributed by atoms with Gasteiger partial charge in [0.1, 0.15) is 5.82 Å². The van der Waals surface area contributed by atoms with Crippen molar-refractivity contribution in [1.82, 2.24) is 4.98 Å². The minimum Gasteiger partial charge on any atom is -0.294 e. The number of nitrogens with zero attached hydrogens (tertiary/aromatic N) is 1. The van der Waals surface area contributed by atoms with Gasteiger partial charge in [0.2, 0.25) is 0 Å². The Kier molecular flexibility index (Phi) is 3.83. The third kappa shape index (κ3) is 3.20. The number of hydrogen-bond acceptors (Lipinski definition) is 2. The van der Waals surface area contributed by atoms with Crippen LogP contribution in [0.2, 0.25) is 0 Å². The van der Waals surface area contributed by atoms with Gasteiger partial charge < -0.3 is 0 Å². The molecule has 0 amide bonds. The van der Waals surface area contributed by atoms with Crippen LogP contribution in [0.1, 0.15) is 21.5 Å². The van der Waals surface area contributed by atoms with Crippen molar-refractivity contribution in [1.29, 1.82) is 0 Å². The molecule has 0 aliphatic heterocycles. The standard InChI is InChI=1S/C14H9F4NO/c15-10-3-1-2-9(6-10)7-13(20)11-8-19-5-4-12(11)14(16,17)18/h1-6,8H,7H2. The molecule has 1 aromatic heterocycles. The average Bonchev–Trinajstić information content (AvgIpc) is 2.37. The number of pyridine rings is 1. The lowest BCUT2D eigenvalue weighted by Gasteiger charge is -2.11. The molecule has 0 radical (unpaired) electrons. The maximum absolute atomic E-state index is 13.0. The quantitative estimate of drug-likeness (QED) is 0.635. The van der Waals surface area contributed by atoms with E-state index in [0.717, 1.165) is 24.5 Å². The van der Waals surface area contributed by atoms with Gasteiger partial charge in [-0.15, -0.1) is 0 Å². The number of rotatable bonds is 3. The second kappa shape index (κ2) is 5.40. The van der Waals surface area contributed by atoms with Crippen molar-refractivity contribution in [3.05, 3.63) is 65.2 Å². The summed E-state index contributed by atoms with van der Waals surface area (Å²) in [5.41, 5.74) is -1.23. The van der Waals surface area contributed by atoms with Crippen molar-refractivity contribution in [3.8, 4) is 0 Å². The number of carbonyl (C=O) groups is 1. The summed E-state index contributed by atoms with van der Waals surface area (Å²) in [4.78, 5) is 15.5. The van der Waals surface area contributed by atoms with Gasteiger partial charge in [0.15, 0.2) is 5.78 Å². The molecule has 0 saturated heterocycles. The van der Waals surface area contributed by atoms with Crippen molar-refractivity contribution in [3.63, 3.8) is 0 Å². The van der Waals surface area contributed by atoms with Gasteiger partial charge in [-0.2, -0.15) is 13.2 Å². The third-order valence-electron chi connectivity index (χ3n) is 2.68. The second-order valence-corrected chi connectivity index (χ2v) is 4.15. The molecule has 0 N–H and O–H groups in total. The van der Waals surface area contributed by atoms with Gasteiger partial charge in [0.05, 0.1) is 5.56 Å². The highest BCUT2D eigenvalue weighted by Gasteiger charge is 2.35. The van der Waals surface area contributed by atoms with E-state index in [-0.39, 0.29) is 6.42 Å². The number of halogens is 4. The van der Waals surface area contributed by atoms with E-state index < -0.39 is 28.9 Å². The monoisotopic (exact) mass is 283 g/mol. The molecule has 104 valence electrons. The van der Waals surface area contributed by atoms with E-state index in [2.05, 4.69) is 4.98 Å². The van der Waals surface area contributed by atoms with Crippen molar-refractivity contribution in [2.75, 3.05) is 0 Å². The zero-order valence-corrected chi connectivity index (χ0v) is 10.1. The zero-order valence-electron chi connectivity index (χ0n) is 10.1. The molecule has 2 nitrogen and oxygen atoms in total. The Morgan fingerprint density at radius 2 is 1.95 bits per heavy atom. The number of carbonyl (C=O) groups excluding carboxylic acids is 1. The Hall–Kier alpha value is -2.24. The number of aromatic nitrogens is 1. The maximum atomic E-state index is 13.0. The van der Waals surface area contributed by atoms with E-state index in [9.17, 15) is 22.4 Å². The van der Waals surface area contributed by atoms with Crippen LogP contribution in [0.4, 0.5) is 17.6 Å². The van der Waals surface area contributed by atoms with E-state index in [0.29, 0.717) is 5.56 Å². The third-order valence-corrected chi connectivity index (χ3v) is 2.68. The average molecular weight is 283 g/mol. The molecule has 20 heavy (non-hydrogen) atoms. The van der Waals surface area contributed by atoms with Crippen LogP contribution in [0, 0.1) is 5.82 Å². The van der Waals surface area contributed by atoms with Crippen molar-refractivity contribution in [2.45, 2.75) is 12.6 Å². The molecule has 0 saturated carbocycles. The van der Waals surface area contributed by atoms with E-state index in [4.69, 9.17) is 0 Å². The van der Waals surface area contributed by atoms with Gasteiger partial charge in [-0.1, -0.05) is 12.1 Å². The highest BCUT2D eigenvalue weighted by Crippen LogP contribution is 2.31. The molecule has 6 heteroatoms. The summed E-state index contributed by atoms with van der Waals surface area (Å²) in [5, 5.41) is 0. The van der Waals surface area contributed by atoms with E-state index in [1.54, 1.807) is 0 Å². The molecular weight excluding hydrogens is 274 g/mol. The van der Waals surface area contributed by atoms with Crippen molar-refractivity contribution in [2.24, 2.45) is 0 Å². The Morgan fingerprint density at radius 1 is 1.20 bits per heavy atom. The number of hydrogen-bond donors (Lipinski definition) is 0. The van der Waals surface area contributed by atoms with Crippen molar-refractivity contribution >= 4 is 5.78 Å². The largest absolute Gasteiger partial charge is 0.417 e. The van der Waals surface area contributed by atoms with Crippen LogP contribution < -0.4 is 0 Å². The number of alkyl halides is 3. The maximum Gasteiger partial charge on any atom is 0.417 e. The fraction of sp³-hybridized carbons (Fsp3) is 0.143. The first-order chi connectivity index (χ1) is 9.38. The molecule has 0 aliphatic carbocycles. The molecule has 1 heterocycles. The Morgan fingerprint density at radius 3 is 2.60 bits per heavy atom. The highest BCUT2D eigenvalue weighted by atomic mass is 19.4. The van der Waals surface area contributed by atoms with Crippen LogP contribution in [-0.2, 0) is 12.6 Å². The van der Waals surface area contributed by atoms with Gasteiger partial charge in [0.25, 0.3) is 0 Å². The summed E-state index contributed by atoms with van der Waals surface area (Å²) in [6.07, 6.45) is -3.09.